The number of furan rings is 1. The van der Waals surface area contributed by atoms with Gasteiger partial charge >= 0.3 is 5.97 Å². The van der Waals surface area contributed by atoms with E-state index in [9.17, 15) is 4.79 Å². The van der Waals surface area contributed by atoms with Gasteiger partial charge in [0.2, 0.25) is 0 Å². The number of aromatic nitrogens is 1. The molecule has 0 saturated heterocycles. The third-order valence-corrected chi connectivity index (χ3v) is 3.64. The van der Waals surface area contributed by atoms with Crippen molar-refractivity contribution in [2.75, 3.05) is 0 Å². The Morgan fingerprint density at radius 1 is 1.23 bits per heavy atom. The number of carbonyl (C=O) groups excluding carboxylic acids is 1. The lowest BCUT2D eigenvalue weighted by Crippen LogP contribution is -2.01. The van der Waals surface area contributed by atoms with Gasteiger partial charge in [-0.05, 0) is 46.9 Å². The van der Waals surface area contributed by atoms with Crippen molar-refractivity contribution in [3.63, 3.8) is 0 Å². The number of esters is 1. The number of ether oxygens (including phenoxy) is 1. The Morgan fingerprint density at radius 3 is 2.91 bits per heavy atom. The van der Waals surface area contributed by atoms with E-state index in [-0.39, 0.29) is 6.61 Å². The van der Waals surface area contributed by atoms with Gasteiger partial charge in [0.05, 0.1) is 5.52 Å². The first-order valence-corrected chi connectivity index (χ1v) is 7.73. The zero-order valence-electron chi connectivity index (χ0n) is 11.5. The Morgan fingerprint density at radius 2 is 2.09 bits per heavy atom. The predicted octanol–water partition coefficient (Wildman–Crippen LogP) is 4.19. The van der Waals surface area contributed by atoms with Crippen molar-refractivity contribution in [1.82, 2.24) is 4.98 Å². The predicted molar refractivity (Wildman–Crippen MR) is 92.0 cm³/mol. The van der Waals surface area contributed by atoms with Crippen LogP contribution in [0.5, 0.6) is 0 Å². The van der Waals surface area contributed by atoms with Gasteiger partial charge in [0.25, 0.3) is 0 Å². The second-order valence-corrected chi connectivity index (χ2v) is 5.64. The van der Waals surface area contributed by atoms with E-state index >= 15 is 0 Å². The smallest absolute Gasteiger partial charge is 0.331 e. The molecule has 0 saturated carbocycles. The maximum absolute atomic E-state index is 11.8. The van der Waals surface area contributed by atoms with Gasteiger partial charge in [0.1, 0.15) is 12.4 Å². The molecule has 0 radical (unpaired) electrons. The highest BCUT2D eigenvalue weighted by atomic mass is 127. The van der Waals surface area contributed by atoms with Gasteiger partial charge in [-0.2, -0.15) is 0 Å². The highest BCUT2D eigenvalue weighted by molar-refractivity contribution is 14.1. The lowest BCUT2D eigenvalue weighted by atomic mass is 10.1. The highest BCUT2D eigenvalue weighted by Gasteiger charge is 2.04. The normalized spacial score (nSPS) is 11.1. The van der Waals surface area contributed by atoms with E-state index in [4.69, 9.17) is 9.15 Å². The molecule has 2 heterocycles. The van der Waals surface area contributed by atoms with Gasteiger partial charge in [0, 0.05) is 23.2 Å². The van der Waals surface area contributed by atoms with Crippen LogP contribution in [-0.2, 0) is 16.1 Å². The van der Waals surface area contributed by atoms with Crippen molar-refractivity contribution in [1.29, 1.82) is 0 Å². The van der Waals surface area contributed by atoms with Crippen LogP contribution in [0.3, 0.4) is 0 Å². The van der Waals surface area contributed by atoms with Crippen LogP contribution in [0, 0.1) is 3.77 Å². The van der Waals surface area contributed by atoms with Gasteiger partial charge in [-0.3, -0.25) is 4.98 Å². The summed E-state index contributed by atoms with van der Waals surface area (Å²) in [6, 6.07) is 13.3. The van der Waals surface area contributed by atoms with Crippen LogP contribution >= 0.6 is 22.6 Å². The fourth-order valence-electron chi connectivity index (χ4n) is 2.05. The van der Waals surface area contributed by atoms with Crippen molar-refractivity contribution in [3.05, 3.63) is 69.8 Å². The van der Waals surface area contributed by atoms with Crippen molar-refractivity contribution in [3.8, 4) is 0 Å². The number of hydrogen-bond acceptors (Lipinski definition) is 4. The summed E-state index contributed by atoms with van der Waals surface area (Å²) in [5, 5.41) is 1.02. The average molecular weight is 405 g/mol. The first-order valence-electron chi connectivity index (χ1n) is 6.65. The monoisotopic (exact) mass is 405 g/mol. The maximum atomic E-state index is 11.8. The minimum atomic E-state index is -0.417. The fraction of sp³-hybridized carbons (Fsp3) is 0.0588. The molecule has 0 spiro atoms. The van der Waals surface area contributed by atoms with Gasteiger partial charge in [0.15, 0.2) is 3.77 Å². The molecular formula is C17H12INO3. The average Bonchev–Trinajstić information content (AvgIpc) is 2.96. The minimum absolute atomic E-state index is 0.188. The van der Waals surface area contributed by atoms with Crippen molar-refractivity contribution in [2.24, 2.45) is 0 Å². The number of benzene rings is 1. The van der Waals surface area contributed by atoms with E-state index in [0.717, 1.165) is 20.2 Å². The summed E-state index contributed by atoms with van der Waals surface area (Å²) in [5.74, 6) is 0.201. The van der Waals surface area contributed by atoms with Gasteiger partial charge < -0.3 is 9.15 Å². The minimum Gasteiger partial charge on any atom is -0.458 e. The molecule has 0 N–H and O–H groups in total. The van der Waals surface area contributed by atoms with E-state index in [2.05, 4.69) is 27.6 Å². The zero-order chi connectivity index (χ0) is 15.4. The van der Waals surface area contributed by atoms with Crippen LogP contribution in [0.1, 0.15) is 11.3 Å². The molecule has 0 unspecified atom stereocenters. The molecule has 2 aromatic heterocycles. The standard InChI is InChI=1S/C17H12INO3/c18-15-8-6-14(22-15)7-9-16(20)21-11-13-4-1-3-12-5-2-10-19-17(12)13/h1-10H,11H2/b9-7+. The van der Waals surface area contributed by atoms with Gasteiger partial charge in [-0.1, -0.05) is 24.3 Å². The van der Waals surface area contributed by atoms with Crippen LogP contribution in [0.25, 0.3) is 17.0 Å². The molecule has 0 aliphatic heterocycles. The molecule has 4 nitrogen and oxygen atoms in total. The number of halogens is 1. The van der Waals surface area contributed by atoms with E-state index in [1.807, 2.05) is 36.4 Å². The zero-order valence-corrected chi connectivity index (χ0v) is 13.7. The van der Waals surface area contributed by atoms with E-state index < -0.39 is 5.97 Å². The second-order valence-electron chi connectivity index (χ2n) is 4.58. The van der Waals surface area contributed by atoms with Crippen LogP contribution in [-0.4, -0.2) is 11.0 Å². The van der Waals surface area contributed by atoms with Crippen molar-refractivity contribution in [2.45, 2.75) is 6.61 Å². The van der Waals surface area contributed by atoms with Crippen molar-refractivity contribution >= 4 is 45.5 Å². The van der Waals surface area contributed by atoms with Crippen LogP contribution in [0.15, 0.2) is 59.2 Å². The number of rotatable bonds is 4. The Hall–Kier alpha value is -2.15. The summed E-state index contributed by atoms with van der Waals surface area (Å²) in [5.41, 5.74) is 1.73. The molecule has 3 aromatic rings. The molecule has 0 atom stereocenters. The van der Waals surface area contributed by atoms with E-state index in [1.165, 1.54) is 6.08 Å². The van der Waals surface area contributed by atoms with Crippen LogP contribution in [0.2, 0.25) is 0 Å². The number of fused-ring (bicyclic) bond motifs is 1. The first-order chi connectivity index (χ1) is 10.7. The summed E-state index contributed by atoms with van der Waals surface area (Å²) in [4.78, 5) is 16.1. The lowest BCUT2D eigenvalue weighted by molar-refractivity contribution is -0.138. The third kappa shape index (κ3) is 3.54. The Kier molecular flexibility index (Phi) is 4.53. The fourth-order valence-corrected chi connectivity index (χ4v) is 2.48. The van der Waals surface area contributed by atoms with Crippen molar-refractivity contribution < 1.29 is 13.9 Å². The molecule has 1 aromatic carbocycles. The largest absolute Gasteiger partial charge is 0.458 e. The molecule has 0 bridgehead atoms. The summed E-state index contributed by atoms with van der Waals surface area (Å²) in [6.45, 7) is 0.188. The molecule has 0 aliphatic carbocycles. The third-order valence-electron chi connectivity index (χ3n) is 3.06. The lowest BCUT2D eigenvalue weighted by Gasteiger charge is -2.05. The maximum Gasteiger partial charge on any atom is 0.331 e. The molecule has 0 fully saturated rings. The topological polar surface area (TPSA) is 52.3 Å². The molecule has 3 rings (SSSR count). The second kappa shape index (κ2) is 6.74. The quantitative estimate of drug-likeness (QED) is 0.371. The number of hydrogen-bond donors (Lipinski definition) is 0. The summed E-state index contributed by atoms with van der Waals surface area (Å²) in [6.07, 6.45) is 4.67. The molecule has 110 valence electrons. The van der Waals surface area contributed by atoms with Crippen LogP contribution in [0.4, 0.5) is 0 Å². The van der Waals surface area contributed by atoms with E-state index in [0.29, 0.717) is 5.76 Å². The molecule has 5 heteroatoms. The summed E-state index contributed by atoms with van der Waals surface area (Å²) in [7, 11) is 0. The Labute approximate surface area is 140 Å². The van der Waals surface area contributed by atoms with E-state index in [1.54, 1.807) is 18.3 Å². The first kappa shape index (κ1) is 14.8. The van der Waals surface area contributed by atoms with Crippen LogP contribution < -0.4 is 0 Å². The molecule has 22 heavy (non-hydrogen) atoms. The Balaban J connectivity index is 1.66. The molecule has 0 aliphatic rings. The molecule has 0 amide bonds. The SMILES string of the molecule is O=C(/C=C/c1ccc(I)o1)OCc1cccc2cccnc12. The Bertz CT molecular complexity index is 833. The summed E-state index contributed by atoms with van der Waals surface area (Å²) >= 11 is 2.07. The van der Waals surface area contributed by atoms with Gasteiger partial charge in [-0.15, -0.1) is 0 Å². The number of para-hydroxylation sites is 1. The number of nitrogens with zero attached hydrogens (tertiary/aromatic N) is 1. The number of carbonyl (C=O) groups is 1. The molecular weight excluding hydrogens is 393 g/mol. The number of pyridine rings is 1. The highest BCUT2D eigenvalue weighted by Crippen LogP contribution is 2.17. The summed E-state index contributed by atoms with van der Waals surface area (Å²) < 4.78 is 11.4. The van der Waals surface area contributed by atoms with Gasteiger partial charge in [-0.25, -0.2) is 4.79 Å².